The topological polar surface area (TPSA) is 67.1 Å². The van der Waals surface area contributed by atoms with Crippen LogP contribution in [0.1, 0.15) is 12.2 Å². The second-order valence-electron chi connectivity index (χ2n) is 4.61. The van der Waals surface area contributed by atoms with Crippen LogP contribution >= 0.6 is 11.6 Å². The molecule has 1 atom stereocenters. The molecule has 96 valence electrons. The van der Waals surface area contributed by atoms with Crippen molar-refractivity contribution in [3.05, 3.63) is 17.2 Å². The van der Waals surface area contributed by atoms with Crippen molar-refractivity contribution in [2.75, 3.05) is 13.1 Å². The van der Waals surface area contributed by atoms with Gasteiger partial charge < -0.3 is 5.11 Å². The summed E-state index contributed by atoms with van der Waals surface area (Å²) in [5.41, 5.74) is 0.741. The van der Waals surface area contributed by atoms with E-state index in [1.165, 1.54) is 0 Å². The van der Waals surface area contributed by atoms with Crippen molar-refractivity contribution in [1.29, 1.82) is 0 Å². The molecule has 7 heteroatoms. The molecule has 2 aromatic heterocycles. The highest BCUT2D eigenvalue weighted by molar-refractivity contribution is 6.33. The van der Waals surface area contributed by atoms with E-state index in [1.807, 2.05) is 7.05 Å². The minimum Gasteiger partial charge on any atom is -0.392 e. The molecule has 0 amide bonds. The molecule has 1 aliphatic heterocycles. The molecule has 0 spiro atoms. The molecular formula is C11H14ClN5O. The minimum absolute atomic E-state index is 0.235. The summed E-state index contributed by atoms with van der Waals surface area (Å²) in [6, 6.07) is 0. The third kappa shape index (κ3) is 2.07. The molecule has 6 nitrogen and oxygen atoms in total. The Bertz CT molecular complexity index is 584. The third-order valence-corrected chi connectivity index (χ3v) is 3.49. The number of aromatic nitrogens is 4. The molecule has 0 aliphatic carbocycles. The zero-order valence-electron chi connectivity index (χ0n) is 10.0. The first-order valence-electron chi connectivity index (χ1n) is 5.88. The number of likely N-dealkylation sites (tertiary alicyclic amines) is 1. The molecule has 0 bridgehead atoms. The van der Waals surface area contributed by atoms with Crippen LogP contribution in [0.25, 0.3) is 11.0 Å². The van der Waals surface area contributed by atoms with E-state index in [1.54, 1.807) is 10.9 Å². The summed E-state index contributed by atoms with van der Waals surface area (Å²) in [6.07, 6.45) is 2.24. The van der Waals surface area contributed by atoms with E-state index >= 15 is 0 Å². The Kier molecular flexibility index (Phi) is 2.93. The Hall–Kier alpha value is -1.24. The van der Waals surface area contributed by atoms with Crippen molar-refractivity contribution in [2.24, 2.45) is 7.05 Å². The smallest absolute Gasteiger partial charge is 0.162 e. The van der Waals surface area contributed by atoms with Gasteiger partial charge in [-0.25, -0.2) is 9.97 Å². The molecule has 3 heterocycles. The summed E-state index contributed by atoms with van der Waals surface area (Å²) < 4.78 is 1.69. The van der Waals surface area contributed by atoms with E-state index in [0.717, 1.165) is 24.0 Å². The van der Waals surface area contributed by atoms with E-state index in [2.05, 4.69) is 20.0 Å². The maximum Gasteiger partial charge on any atom is 0.162 e. The summed E-state index contributed by atoms with van der Waals surface area (Å²) in [5.74, 6) is 0.671. The van der Waals surface area contributed by atoms with E-state index in [-0.39, 0.29) is 6.10 Å². The van der Waals surface area contributed by atoms with Crippen molar-refractivity contribution < 1.29 is 5.11 Å². The van der Waals surface area contributed by atoms with E-state index < -0.39 is 0 Å². The highest BCUT2D eigenvalue weighted by Crippen LogP contribution is 2.20. The molecule has 18 heavy (non-hydrogen) atoms. The lowest BCUT2D eigenvalue weighted by atomic mass is 10.3. The summed E-state index contributed by atoms with van der Waals surface area (Å²) in [7, 11) is 1.83. The Labute approximate surface area is 109 Å². The summed E-state index contributed by atoms with van der Waals surface area (Å²) in [6.45, 7) is 2.15. The van der Waals surface area contributed by atoms with Crippen molar-refractivity contribution >= 4 is 22.6 Å². The zero-order chi connectivity index (χ0) is 12.7. The molecule has 0 radical (unpaired) electrons. The summed E-state index contributed by atoms with van der Waals surface area (Å²) >= 11 is 6.12. The Morgan fingerprint density at radius 2 is 2.33 bits per heavy atom. The van der Waals surface area contributed by atoms with E-state index in [4.69, 9.17) is 11.6 Å². The van der Waals surface area contributed by atoms with Crippen molar-refractivity contribution in [3.8, 4) is 0 Å². The lowest BCUT2D eigenvalue weighted by molar-refractivity contribution is 0.174. The van der Waals surface area contributed by atoms with Crippen LogP contribution in [0.4, 0.5) is 0 Å². The number of aliphatic hydroxyl groups is 1. The summed E-state index contributed by atoms with van der Waals surface area (Å²) in [4.78, 5) is 10.9. The van der Waals surface area contributed by atoms with Crippen LogP contribution in [-0.4, -0.2) is 48.9 Å². The SMILES string of the molecule is Cn1ncc2c(Cl)nc(CN3CCC(O)C3)nc21. The Balaban J connectivity index is 1.90. The van der Waals surface area contributed by atoms with E-state index in [0.29, 0.717) is 24.1 Å². The predicted molar refractivity (Wildman–Crippen MR) is 67.2 cm³/mol. The van der Waals surface area contributed by atoms with Gasteiger partial charge in [0.15, 0.2) is 5.65 Å². The largest absolute Gasteiger partial charge is 0.392 e. The quantitative estimate of drug-likeness (QED) is 0.807. The molecule has 1 aliphatic rings. The van der Waals surface area contributed by atoms with Gasteiger partial charge in [0, 0.05) is 20.1 Å². The number of nitrogens with zero attached hydrogens (tertiary/aromatic N) is 5. The number of aliphatic hydroxyl groups excluding tert-OH is 1. The van der Waals surface area contributed by atoms with Crippen LogP contribution in [0, 0.1) is 0 Å². The lowest BCUT2D eigenvalue weighted by Gasteiger charge is -2.13. The number of fused-ring (bicyclic) bond motifs is 1. The standard InChI is InChI=1S/C11H14ClN5O/c1-16-11-8(4-13-16)10(12)14-9(15-11)6-17-3-2-7(18)5-17/h4,7,18H,2-3,5-6H2,1H3. The van der Waals surface area contributed by atoms with Gasteiger partial charge in [0.05, 0.1) is 24.2 Å². The molecule has 2 aromatic rings. The van der Waals surface area contributed by atoms with Crippen molar-refractivity contribution in [2.45, 2.75) is 19.1 Å². The number of aryl methyl sites for hydroxylation is 1. The number of β-amino-alcohol motifs (C(OH)–C–C–N with tert-alkyl or cyclic N) is 1. The fourth-order valence-electron chi connectivity index (χ4n) is 2.26. The van der Waals surface area contributed by atoms with Gasteiger partial charge in [-0.15, -0.1) is 0 Å². The molecule has 1 unspecified atom stereocenters. The molecule has 0 saturated carbocycles. The van der Waals surface area contributed by atoms with Gasteiger partial charge in [0.25, 0.3) is 0 Å². The van der Waals surface area contributed by atoms with Crippen LogP contribution in [0.15, 0.2) is 6.20 Å². The average Bonchev–Trinajstić information content (AvgIpc) is 2.87. The van der Waals surface area contributed by atoms with Crippen molar-refractivity contribution in [3.63, 3.8) is 0 Å². The first kappa shape index (κ1) is 11.8. The van der Waals surface area contributed by atoms with Gasteiger partial charge in [0.2, 0.25) is 0 Å². The van der Waals surface area contributed by atoms with Gasteiger partial charge >= 0.3 is 0 Å². The minimum atomic E-state index is -0.235. The number of hydrogen-bond acceptors (Lipinski definition) is 5. The van der Waals surface area contributed by atoms with Gasteiger partial charge in [-0.05, 0) is 6.42 Å². The molecule has 1 fully saturated rings. The number of halogens is 1. The van der Waals surface area contributed by atoms with Crippen LogP contribution in [-0.2, 0) is 13.6 Å². The summed E-state index contributed by atoms with van der Waals surface area (Å²) in [5, 5.41) is 14.8. The van der Waals surface area contributed by atoms with Gasteiger partial charge in [-0.2, -0.15) is 5.10 Å². The fourth-order valence-corrected chi connectivity index (χ4v) is 2.49. The molecule has 0 aromatic carbocycles. The average molecular weight is 268 g/mol. The lowest BCUT2D eigenvalue weighted by Crippen LogP contribution is -2.22. The van der Waals surface area contributed by atoms with Crippen LogP contribution in [0.5, 0.6) is 0 Å². The Morgan fingerprint density at radius 1 is 1.50 bits per heavy atom. The fraction of sp³-hybridized carbons (Fsp3) is 0.545. The maximum absolute atomic E-state index is 9.49. The van der Waals surface area contributed by atoms with Crippen molar-refractivity contribution in [1.82, 2.24) is 24.6 Å². The molecule has 1 N–H and O–H groups in total. The second-order valence-corrected chi connectivity index (χ2v) is 4.97. The zero-order valence-corrected chi connectivity index (χ0v) is 10.8. The third-order valence-electron chi connectivity index (χ3n) is 3.20. The molecule has 1 saturated heterocycles. The molecular weight excluding hydrogens is 254 g/mol. The van der Waals surface area contributed by atoms with Gasteiger partial charge in [-0.1, -0.05) is 11.6 Å². The first-order chi connectivity index (χ1) is 8.63. The maximum atomic E-state index is 9.49. The van der Waals surface area contributed by atoms with Gasteiger partial charge in [-0.3, -0.25) is 9.58 Å². The normalized spacial score (nSPS) is 20.9. The predicted octanol–water partition coefficient (Wildman–Crippen LogP) is 0.583. The highest BCUT2D eigenvalue weighted by Gasteiger charge is 2.21. The molecule has 3 rings (SSSR count). The second kappa shape index (κ2) is 4.46. The monoisotopic (exact) mass is 267 g/mol. The first-order valence-corrected chi connectivity index (χ1v) is 6.26. The van der Waals surface area contributed by atoms with E-state index in [9.17, 15) is 5.11 Å². The number of hydrogen-bond donors (Lipinski definition) is 1. The highest BCUT2D eigenvalue weighted by atomic mass is 35.5. The Morgan fingerprint density at radius 3 is 3.06 bits per heavy atom. The van der Waals surface area contributed by atoms with Crippen LogP contribution < -0.4 is 0 Å². The van der Waals surface area contributed by atoms with Gasteiger partial charge in [0.1, 0.15) is 11.0 Å². The van der Waals surface area contributed by atoms with Crippen LogP contribution in [0.3, 0.4) is 0 Å². The van der Waals surface area contributed by atoms with Crippen LogP contribution in [0.2, 0.25) is 5.15 Å². The number of rotatable bonds is 2.